The van der Waals surface area contributed by atoms with Crippen LogP contribution >= 0.6 is 11.3 Å². The van der Waals surface area contributed by atoms with Crippen molar-refractivity contribution in [2.75, 3.05) is 13.1 Å². The van der Waals surface area contributed by atoms with Crippen LogP contribution in [0.3, 0.4) is 0 Å². The van der Waals surface area contributed by atoms with Gasteiger partial charge >= 0.3 is 0 Å². The smallest absolute Gasteiger partial charge is 0.273 e. The van der Waals surface area contributed by atoms with Gasteiger partial charge in [0.1, 0.15) is 22.3 Å². The van der Waals surface area contributed by atoms with Crippen molar-refractivity contribution in [2.45, 2.75) is 63.3 Å². The lowest BCUT2D eigenvalue weighted by Gasteiger charge is -2.29. The second kappa shape index (κ2) is 11.8. The third-order valence-corrected chi connectivity index (χ3v) is 8.36. The number of thiazole rings is 1. The zero-order valence-electron chi connectivity index (χ0n) is 21.6. The highest BCUT2D eigenvalue weighted by molar-refractivity contribution is 7.09. The molecule has 2 aliphatic rings. The number of nitrogens with one attached hydrogen (secondary N) is 2. The molecule has 2 aromatic heterocycles. The number of hydrogen-bond donors (Lipinski definition) is 3. The minimum absolute atomic E-state index is 0.0271. The topological polar surface area (TPSA) is 107 Å². The van der Waals surface area contributed by atoms with Crippen molar-refractivity contribution in [1.82, 2.24) is 25.5 Å². The number of aryl methyl sites for hydroxylation is 1. The van der Waals surface area contributed by atoms with Gasteiger partial charge in [0, 0.05) is 41.5 Å². The Kier molecular flexibility index (Phi) is 8.29. The van der Waals surface area contributed by atoms with Gasteiger partial charge in [-0.05, 0) is 75.4 Å². The quantitative estimate of drug-likeness (QED) is 0.393. The van der Waals surface area contributed by atoms with Crippen LogP contribution in [-0.4, -0.2) is 63.1 Å². The molecule has 0 unspecified atom stereocenters. The van der Waals surface area contributed by atoms with Gasteiger partial charge in [0.25, 0.3) is 11.8 Å². The summed E-state index contributed by atoms with van der Waals surface area (Å²) in [6.45, 7) is 3.24. The number of rotatable bonds is 8. The molecule has 3 aromatic rings. The van der Waals surface area contributed by atoms with Gasteiger partial charge in [0.05, 0.1) is 18.2 Å². The first-order chi connectivity index (χ1) is 18.8. The van der Waals surface area contributed by atoms with Crippen molar-refractivity contribution in [2.24, 2.45) is 0 Å². The number of carbonyl (C=O) groups is 2. The van der Waals surface area contributed by atoms with E-state index in [4.69, 9.17) is 0 Å². The Hall–Kier alpha value is -3.28. The molecule has 0 radical (unpaired) electrons. The van der Waals surface area contributed by atoms with E-state index in [0.29, 0.717) is 18.5 Å². The predicted molar refractivity (Wildman–Crippen MR) is 142 cm³/mol. The molecule has 0 bridgehead atoms. The summed E-state index contributed by atoms with van der Waals surface area (Å²) in [5.41, 5.74) is 1.58. The molecule has 39 heavy (non-hydrogen) atoms. The molecule has 206 valence electrons. The number of benzene rings is 1. The van der Waals surface area contributed by atoms with Crippen molar-refractivity contribution in [1.29, 1.82) is 0 Å². The summed E-state index contributed by atoms with van der Waals surface area (Å²) in [5, 5.41) is 20.0. The van der Waals surface area contributed by atoms with Crippen LogP contribution < -0.4 is 10.6 Å². The standard InChI is InChI=1S/C28H31F2N5O3S/c1-16-15-39-27(33-16)24-5-3-9-35(24)28(38)23-13-18(6-8-32-23)26(37)34-22(25(36)21-4-2-7-31-21)12-17-10-19(29)14-20(30)11-17/h6,8,10-11,13-15,21-22,24-25,31,36H,2-5,7,9,12H2,1H3,(H,34,37)/t21-,22+,24+,25+/m0/s1. The Morgan fingerprint density at radius 3 is 2.69 bits per heavy atom. The lowest BCUT2D eigenvalue weighted by atomic mass is 9.95. The number of amides is 2. The normalized spacial score (nSPS) is 20.7. The Labute approximate surface area is 229 Å². The fourth-order valence-electron chi connectivity index (χ4n) is 5.40. The molecule has 0 spiro atoms. The van der Waals surface area contributed by atoms with Gasteiger partial charge in [-0.2, -0.15) is 0 Å². The van der Waals surface area contributed by atoms with Gasteiger partial charge in [-0.15, -0.1) is 11.3 Å². The highest BCUT2D eigenvalue weighted by Crippen LogP contribution is 2.34. The fraction of sp³-hybridized carbons (Fsp3) is 0.429. The molecule has 0 aliphatic carbocycles. The number of halogens is 2. The van der Waals surface area contributed by atoms with E-state index < -0.39 is 29.7 Å². The maximum atomic E-state index is 13.8. The zero-order chi connectivity index (χ0) is 27.5. The number of carbonyl (C=O) groups excluding carboxylic acids is 2. The van der Waals surface area contributed by atoms with Crippen molar-refractivity contribution in [3.8, 4) is 0 Å². The number of hydrogen-bond acceptors (Lipinski definition) is 7. The van der Waals surface area contributed by atoms with Crippen LogP contribution in [-0.2, 0) is 6.42 Å². The van der Waals surface area contributed by atoms with E-state index in [-0.39, 0.29) is 35.7 Å². The predicted octanol–water partition coefficient (Wildman–Crippen LogP) is 3.56. The number of likely N-dealkylation sites (tertiary alicyclic amines) is 1. The average Bonchev–Trinajstić information content (AvgIpc) is 3.69. The van der Waals surface area contributed by atoms with Gasteiger partial charge in [-0.25, -0.2) is 13.8 Å². The van der Waals surface area contributed by atoms with Gasteiger partial charge in [0.15, 0.2) is 0 Å². The Bertz CT molecular complexity index is 1330. The van der Waals surface area contributed by atoms with Crippen molar-refractivity contribution < 1.29 is 23.5 Å². The molecule has 5 rings (SSSR count). The van der Waals surface area contributed by atoms with E-state index >= 15 is 0 Å². The first-order valence-electron chi connectivity index (χ1n) is 13.1. The van der Waals surface area contributed by atoms with E-state index in [0.717, 1.165) is 42.6 Å². The van der Waals surface area contributed by atoms with Crippen LogP contribution in [0.25, 0.3) is 0 Å². The van der Waals surface area contributed by atoms with E-state index in [1.54, 1.807) is 4.90 Å². The molecule has 2 aliphatic heterocycles. The molecular weight excluding hydrogens is 524 g/mol. The maximum absolute atomic E-state index is 13.8. The second-order valence-electron chi connectivity index (χ2n) is 10.2. The third-order valence-electron chi connectivity index (χ3n) is 7.29. The second-order valence-corrected chi connectivity index (χ2v) is 11.1. The summed E-state index contributed by atoms with van der Waals surface area (Å²) in [5.74, 6) is -2.25. The SMILES string of the molecule is Cc1csc([C@H]2CCCN2C(=O)c2cc(C(=O)N[C@H](Cc3cc(F)cc(F)c3)[C@H](O)[C@@H]3CCCN3)ccn2)n1. The minimum atomic E-state index is -0.988. The van der Waals surface area contributed by atoms with Gasteiger partial charge in [-0.1, -0.05) is 0 Å². The summed E-state index contributed by atoms with van der Waals surface area (Å²) in [4.78, 5) is 37.3. The van der Waals surface area contributed by atoms with Crippen LogP contribution in [0.4, 0.5) is 8.78 Å². The van der Waals surface area contributed by atoms with Crippen molar-refractivity contribution in [3.63, 3.8) is 0 Å². The first-order valence-corrected chi connectivity index (χ1v) is 14.0. The molecule has 2 saturated heterocycles. The average molecular weight is 556 g/mol. The van der Waals surface area contributed by atoms with E-state index in [9.17, 15) is 23.5 Å². The number of aliphatic hydroxyl groups excluding tert-OH is 1. The molecule has 3 N–H and O–H groups in total. The van der Waals surface area contributed by atoms with Crippen LogP contribution in [0.15, 0.2) is 41.9 Å². The van der Waals surface area contributed by atoms with Crippen molar-refractivity contribution >= 4 is 23.2 Å². The van der Waals surface area contributed by atoms with Crippen LogP contribution in [0.5, 0.6) is 0 Å². The third kappa shape index (κ3) is 6.32. The summed E-state index contributed by atoms with van der Waals surface area (Å²) in [6.07, 6.45) is 3.71. The molecular formula is C28H31F2N5O3S. The molecule has 4 atom stereocenters. The molecule has 4 heterocycles. The number of nitrogens with zero attached hydrogens (tertiary/aromatic N) is 3. The zero-order valence-corrected chi connectivity index (χ0v) is 22.4. The minimum Gasteiger partial charge on any atom is -0.389 e. The largest absolute Gasteiger partial charge is 0.389 e. The van der Waals surface area contributed by atoms with E-state index in [1.807, 2.05) is 12.3 Å². The monoisotopic (exact) mass is 555 g/mol. The maximum Gasteiger partial charge on any atom is 0.273 e. The Morgan fingerprint density at radius 2 is 2.00 bits per heavy atom. The molecule has 2 amide bonds. The Morgan fingerprint density at radius 1 is 1.21 bits per heavy atom. The highest BCUT2D eigenvalue weighted by Gasteiger charge is 2.34. The molecule has 8 nitrogen and oxygen atoms in total. The summed E-state index contributed by atoms with van der Waals surface area (Å²) < 4.78 is 27.7. The molecule has 1 aromatic carbocycles. The Balaban J connectivity index is 1.34. The lowest BCUT2D eigenvalue weighted by molar-refractivity contribution is 0.0728. The van der Waals surface area contributed by atoms with E-state index in [1.165, 1.54) is 41.8 Å². The van der Waals surface area contributed by atoms with Gasteiger partial charge < -0.3 is 20.6 Å². The van der Waals surface area contributed by atoms with Gasteiger partial charge in [0.2, 0.25) is 0 Å². The lowest BCUT2D eigenvalue weighted by Crippen LogP contribution is -2.52. The molecule has 11 heteroatoms. The summed E-state index contributed by atoms with van der Waals surface area (Å²) in [7, 11) is 0. The summed E-state index contributed by atoms with van der Waals surface area (Å²) in [6, 6.07) is 4.90. The van der Waals surface area contributed by atoms with Crippen molar-refractivity contribution in [3.05, 3.63) is 81.1 Å². The van der Waals surface area contributed by atoms with Crippen LogP contribution in [0.2, 0.25) is 0 Å². The first kappa shape index (κ1) is 27.3. The number of aromatic nitrogens is 2. The molecule has 2 fully saturated rings. The number of aliphatic hydroxyl groups is 1. The number of pyridine rings is 1. The molecule has 0 saturated carbocycles. The van der Waals surface area contributed by atoms with Crippen LogP contribution in [0, 0.1) is 18.6 Å². The van der Waals surface area contributed by atoms with E-state index in [2.05, 4.69) is 20.6 Å². The highest BCUT2D eigenvalue weighted by atomic mass is 32.1. The van der Waals surface area contributed by atoms with Gasteiger partial charge in [-0.3, -0.25) is 14.6 Å². The fourth-order valence-corrected chi connectivity index (χ4v) is 6.35. The summed E-state index contributed by atoms with van der Waals surface area (Å²) >= 11 is 1.53. The van der Waals surface area contributed by atoms with Crippen LogP contribution in [0.1, 0.15) is 68.8 Å².